The van der Waals surface area contributed by atoms with Gasteiger partial charge in [-0.2, -0.15) is 18.2 Å². The monoisotopic (exact) mass is 355 g/mol. The van der Waals surface area contributed by atoms with Gasteiger partial charge in [-0.3, -0.25) is 4.79 Å². The van der Waals surface area contributed by atoms with Gasteiger partial charge in [0.15, 0.2) is 0 Å². The van der Waals surface area contributed by atoms with Crippen LogP contribution >= 0.6 is 11.6 Å². The number of hydrogen-bond donors (Lipinski definition) is 0. The van der Waals surface area contributed by atoms with Crippen LogP contribution in [0.25, 0.3) is 11.4 Å². The Morgan fingerprint density at radius 1 is 1.12 bits per heavy atom. The molecule has 9 heteroatoms. The highest BCUT2D eigenvalue weighted by atomic mass is 35.5. The summed E-state index contributed by atoms with van der Waals surface area (Å²) in [7, 11) is 0. The highest BCUT2D eigenvalue weighted by molar-refractivity contribution is 6.30. The molecule has 0 bridgehead atoms. The molecule has 0 N–H and O–H groups in total. The molecule has 2 heterocycles. The maximum atomic E-state index is 12.5. The van der Waals surface area contributed by atoms with Gasteiger partial charge in [0.1, 0.15) is 0 Å². The van der Waals surface area contributed by atoms with E-state index in [9.17, 15) is 18.0 Å². The molecule has 0 unspecified atom stereocenters. The number of nitrogens with zero attached hydrogens (tertiary/aromatic N) is 3. The van der Waals surface area contributed by atoms with Crippen molar-refractivity contribution in [2.75, 3.05) is 0 Å². The van der Waals surface area contributed by atoms with E-state index >= 15 is 0 Å². The Bertz CT molecular complexity index is 917. The van der Waals surface area contributed by atoms with Crippen LogP contribution < -0.4 is 5.56 Å². The van der Waals surface area contributed by atoms with Crippen LogP contribution in [0.15, 0.2) is 51.9 Å². The number of halogens is 4. The first-order chi connectivity index (χ1) is 11.3. The zero-order chi connectivity index (χ0) is 17.3. The minimum absolute atomic E-state index is 0.159. The predicted molar refractivity (Wildman–Crippen MR) is 79.5 cm³/mol. The molecule has 0 aliphatic heterocycles. The van der Waals surface area contributed by atoms with Crippen LogP contribution in [-0.4, -0.2) is 14.7 Å². The van der Waals surface area contributed by atoms with Crippen LogP contribution in [-0.2, 0) is 12.7 Å². The summed E-state index contributed by atoms with van der Waals surface area (Å²) in [4.78, 5) is 15.0. The Morgan fingerprint density at radius 3 is 2.46 bits per heavy atom. The molecular weight excluding hydrogens is 347 g/mol. The van der Waals surface area contributed by atoms with Crippen molar-refractivity contribution in [3.05, 3.63) is 69.4 Å². The zero-order valence-corrected chi connectivity index (χ0v) is 12.7. The summed E-state index contributed by atoms with van der Waals surface area (Å²) in [5, 5.41) is 3.74. The molecule has 0 amide bonds. The number of aromatic nitrogens is 3. The third-order valence-electron chi connectivity index (χ3n) is 3.18. The van der Waals surface area contributed by atoms with Crippen LogP contribution in [0.1, 0.15) is 11.5 Å². The van der Waals surface area contributed by atoms with Crippen molar-refractivity contribution in [3.63, 3.8) is 0 Å². The summed E-state index contributed by atoms with van der Waals surface area (Å²) >= 11 is 5.85. The van der Waals surface area contributed by atoms with E-state index in [4.69, 9.17) is 11.6 Å². The summed E-state index contributed by atoms with van der Waals surface area (Å²) in [5.74, 6) is -1.55. The first kappa shape index (κ1) is 16.3. The average molecular weight is 356 g/mol. The Hall–Kier alpha value is -2.61. The third kappa shape index (κ3) is 3.48. The predicted octanol–water partition coefficient (Wildman–Crippen LogP) is 3.62. The van der Waals surface area contributed by atoms with Crippen LogP contribution in [0, 0.1) is 0 Å². The lowest BCUT2D eigenvalue weighted by molar-refractivity contribution is -0.159. The quantitative estimate of drug-likeness (QED) is 0.720. The number of rotatable bonds is 3. The van der Waals surface area contributed by atoms with Crippen LogP contribution in [0.4, 0.5) is 13.2 Å². The maximum Gasteiger partial charge on any atom is 0.471 e. The van der Waals surface area contributed by atoms with Gasteiger partial charge in [0.25, 0.3) is 5.56 Å². The van der Waals surface area contributed by atoms with Gasteiger partial charge in [0, 0.05) is 17.8 Å². The number of pyridine rings is 1. The second-order valence-electron chi connectivity index (χ2n) is 4.93. The van der Waals surface area contributed by atoms with Crippen molar-refractivity contribution >= 4 is 11.6 Å². The molecule has 2 aromatic heterocycles. The van der Waals surface area contributed by atoms with Crippen LogP contribution in [0.5, 0.6) is 0 Å². The van der Waals surface area contributed by atoms with Gasteiger partial charge in [-0.15, -0.1) is 0 Å². The molecule has 3 rings (SSSR count). The first-order valence-corrected chi connectivity index (χ1v) is 7.07. The van der Waals surface area contributed by atoms with E-state index in [2.05, 4.69) is 14.7 Å². The Balaban J connectivity index is 1.82. The zero-order valence-electron chi connectivity index (χ0n) is 11.9. The van der Waals surface area contributed by atoms with E-state index in [0.29, 0.717) is 10.6 Å². The molecule has 1 aromatic carbocycles. The van der Waals surface area contributed by atoms with E-state index < -0.39 is 12.1 Å². The molecule has 0 radical (unpaired) electrons. The molecule has 3 aromatic rings. The van der Waals surface area contributed by atoms with E-state index in [1.807, 2.05) is 0 Å². The normalized spacial score (nSPS) is 11.7. The number of benzene rings is 1. The van der Waals surface area contributed by atoms with Gasteiger partial charge < -0.3 is 9.09 Å². The summed E-state index contributed by atoms with van der Waals surface area (Å²) in [6.07, 6.45) is -3.18. The Kier molecular flexibility index (Phi) is 4.15. The van der Waals surface area contributed by atoms with Crippen molar-refractivity contribution in [3.8, 4) is 11.4 Å². The van der Waals surface area contributed by atoms with Gasteiger partial charge in [0.05, 0.1) is 11.6 Å². The minimum atomic E-state index is -4.68. The fraction of sp³-hybridized carbons (Fsp3) is 0.133. The van der Waals surface area contributed by atoms with Crippen LogP contribution in [0.3, 0.4) is 0 Å². The molecule has 0 aliphatic carbocycles. The summed E-state index contributed by atoms with van der Waals surface area (Å²) in [6, 6.07) is 9.27. The molecule has 0 spiro atoms. The summed E-state index contributed by atoms with van der Waals surface area (Å²) in [6.45, 7) is 0.277. The second kappa shape index (κ2) is 6.12. The molecule has 0 fully saturated rings. The molecule has 0 saturated carbocycles. The fourth-order valence-corrected chi connectivity index (χ4v) is 2.22. The lowest BCUT2D eigenvalue weighted by Crippen LogP contribution is -2.18. The highest BCUT2D eigenvalue weighted by Crippen LogP contribution is 2.29. The molecule has 124 valence electrons. The smallest absolute Gasteiger partial charge is 0.329 e. The fourth-order valence-electron chi connectivity index (χ4n) is 2.04. The SMILES string of the molecule is O=c1ccc(Cl)cn1Cc1ccc(-c2noc(C(F)(F)F)n2)cc1. The lowest BCUT2D eigenvalue weighted by Gasteiger charge is -2.06. The minimum Gasteiger partial charge on any atom is -0.329 e. The van der Waals surface area contributed by atoms with E-state index in [-0.39, 0.29) is 17.9 Å². The van der Waals surface area contributed by atoms with Crippen molar-refractivity contribution < 1.29 is 17.7 Å². The van der Waals surface area contributed by atoms with E-state index in [1.54, 1.807) is 24.3 Å². The standard InChI is InChI=1S/C15H9ClF3N3O2/c16-11-5-6-12(23)22(8-11)7-9-1-3-10(4-2-9)13-20-14(24-21-13)15(17,18)19/h1-6,8H,7H2. The molecule has 24 heavy (non-hydrogen) atoms. The molecule has 0 atom stereocenters. The Labute approximate surface area is 138 Å². The first-order valence-electron chi connectivity index (χ1n) is 6.69. The lowest BCUT2D eigenvalue weighted by atomic mass is 10.1. The molecule has 0 aliphatic rings. The topological polar surface area (TPSA) is 60.9 Å². The number of alkyl halides is 3. The molecular formula is C15H9ClF3N3O2. The van der Waals surface area contributed by atoms with Gasteiger partial charge in [-0.25, -0.2) is 0 Å². The molecule has 5 nitrogen and oxygen atoms in total. The van der Waals surface area contributed by atoms with Gasteiger partial charge in [-0.1, -0.05) is 41.0 Å². The van der Waals surface area contributed by atoms with Crippen molar-refractivity contribution in [2.24, 2.45) is 0 Å². The van der Waals surface area contributed by atoms with Gasteiger partial charge in [0.2, 0.25) is 5.82 Å². The Morgan fingerprint density at radius 2 is 1.83 bits per heavy atom. The van der Waals surface area contributed by atoms with Crippen molar-refractivity contribution in [1.29, 1.82) is 0 Å². The second-order valence-corrected chi connectivity index (χ2v) is 5.37. The van der Waals surface area contributed by atoms with Crippen LogP contribution in [0.2, 0.25) is 5.02 Å². The number of hydrogen-bond acceptors (Lipinski definition) is 4. The summed E-state index contributed by atoms with van der Waals surface area (Å²) < 4.78 is 43.0. The molecule has 0 saturated heterocycles. The van der Waals surface area contributed by atoms with Crippen molar-refractivity contribution in [1.82, 2.24) is 14.7 Å². The third-order valence-corrected chi connectivity index (χ3v) is 3.40. The van der Waals surface area contributed by atoms with E-state index in [1.165, 1.54) is 22.9 Å². The highest BCUT2D eigenvalue weighted by Gasteiger charge is 2.38. The maximum absolute atomic E-state index is 12.5. The average Bonchev–Trinajstić information content (AvgIpc) is 3.02. The van der Waals surface area contributed by atoms with Gasteiger partial charge >= 0.3 is 12.1 Å². The summed E-state index contributed by atoms with van der Waals surface area (Å²) in [5.41, 5.74) is 0.926. The van der Waals surface area contributed by atoms with E-state index in [0.717, 1.165) is 5.56 Å². The van der Waals surface area contributed by atoms with Crippen molar-refractivity contribution in [2.45, 2.75) is 12.7 Å². The largest absolute Gasteiger partial charge is 0.471 e. The van der Waals surface area contributed by atoms with Gasteiger partial charge in [-0.05, 0) is 11.6 Å².